The fraction of sp³-hybridized carbons (Fsp3) is 0.667. The first-order valence-corrected chi connectivity index (χ1v) is 9.54. The highest BCUT2D eigenvalue weighted by molar-refractivity contribution is 7.12. The maximum Gasteiger partial charge on any atom is 0.263 e. The number of hydrogen-bond acceptors (Lipinski definition) is 3. The maximum absolute atomic E-state index is 12.8. The number of amides is 2. The Morgan fingerprint density at radius 2 is 1.74 bits per heavy atom. The number of carbonyl (C=O) groups is 2. The standard InChI is InChI=1S/C18H26N2O2S/c1-13-10-14(2)12-20(11-13)17(21)15-5-7-19(8-6-15)18(22)16-4-3-9-23-16/h3-4,9,13-15H,5-8,10-12H2,1-2H3. The van der Waals surface area contributed by atoms with Crippen molar-refractivity contribution >= 4 is 23.2 Å². The molecule has 0 spiro atoms. The van der Waals surface area contributed by atoms with Gasteiger partial charge in [0.05, 0.1) is 4.88 Å². The van der Waals surface area contributed by atoms with Crippen LogP contribution in [0.3, 0.4) is 0 Å². The molecule has 3 heterocycles. The molecule has 1 aromatic rings. The number of piperidine rings is 2. The van der Waals surface area contributed by atoms with Gasteiger partial charge < -0.3 is 9.80 Å². The Balaban J connectivity index is 1.54. The van der Waals surface area contributed by atoms with E-state index in [-0.39, 0.29) is 11.8 Å². The monoisotopic (exact) mass is 334 g/mol. The minimum Gasteiger partial charge on any atom is -0.342 e. The first-order valence-electron chi connectivity index (χ1n) is 8.66. The zero-order valence-corrected chi connectivity index (χ0v) is 14.8. The number of likely N-dealkylation sites (tertiary alicyclic amines) is 2. The molecule has 2 atom stereocenters. The lowest BCUT2D eigenvalue weighted by atomic mass is 9.89. The Hall–Kier alpha value is -1.36. The Morgan fingerprint density at radius 3 is 2.30 bits per heavy atom. The molecule has 5 heteroatoms. The summed E-state index contributed by atoms with van der Waals surface area (Å²) in [5.74, 6) is 1.73. The van der Waals surface area contributed by atoms with Crippen LogP contribution in [-0.2, 0) is 4.79 Å². The van der Waals surface area contributed by atoms with E-state index in [9.17, 15) is 9.59 Å². The molecular formula is C18H26N2O2S. The summed E-state index contributed by atoms with van der Waals surface area (Å²) in [7, 11) is 0. The summed E-state index contributed by atoms with van der Waals surface area (Å²) in [5.41, 5.74) is 0. The third-order valence-corrected chi connectivity index (χ3v) is 5.90. The molecule has 2 amide bonds. The van der Waals surface area contributed by atoms with Crippen LogP contribution in [0.25, 0.3) is 0 Å². The number of carbonyl (C=O) groups excluding carboxylic acids is 2. The van der Waals surface area contributed by atoms with E-state index in [1.165, 1.54) is 17.8 Å². The summed E-state index contributed by atoms with van der Waals surface area (Å²) in [6, 6.07) is 3.79. The van der Waals surface area contributed by atoms with Crippen molar-refractivity contribution in [1.82, 2.24) is 9.80 Å². The summed E-state index contributed by atoms with van der Waals surface area (Å²) >= 11 is 1.49. The van der Waals surface area contributed by atoms with E-state index in [0.29, 0.717) is 30.8 Å². The van der Waals surface area contributed by atoms with Gasteiger partial charge in [0, 0.05) is 32.1 Å². The largest absolute Gasteiger partial charge is 0.342 e. The van der Waals surface area contributed by atoms with Crippen LogP contribution >= 0.6 is 11.3 Å². The average molecular weight is 334 g/mol. The molecule has 1 aromatic heterocycles. The van der Waals surface area contributed by atoms with Gasteiger partial charge in [-0.2, -0.15) is 0 Å². The molecule has 2 saturated heterocycles. The molecule has 0 saturated carbocycles. The molecule has 0 bridgehead atoms. The molecule has 2 fully saturated rings. The number of thiophene rings is 1. The molecular weight excluding hydrogens is 308 g/mol. The smallest absolute Gasteiger partial charge is 0.263 e. The van der Waals surface area contributed by atoms with Crippen LogP contribution in [0.1, 0.15) is 42.8 Å². The van der Waals surface area contributed by atoms with Gasteiger partial charge >= 0.3 is 0 Å². The minimum atomic E-state index is 0.0971. The van der Waals surface area contributed by atoms with E-state index in [2.05, 4.69) is 18.7 Å². The van der Waals surface area contributed by atoms with Gasteiger partial charge in [0.1, 0.15) is 0 Å². The summed E-state index contributed by atoms with van der Waals surface area (Å²) in [6.45, 7) is 7.67. The van der Waals surface area contributed by atoms with Gasteiger partial charge in [0.2, 0.25) is 5.91 Å². The molecule has 0 N–H and O–H groups in total. The molecule has 126 valence electrons. The van der Waals surface area contributed by atoms with E-state index in [1.54, 1.807) is 0 Å². The molecule has 3 rings (SSSR count). The van der Waals surface area contributed by atoms with Crippen LogP contribution in [0.2, 0.25) is 0 Å². The fourth-order valence-corrected chi connectivity index (χ4v) is 4.68. The molecule has 0 aliphatic carbocycles. The summed E-state index contributed by atoms with van der Waals surface area (Å²) in [5, 5.41) is 1.93. The average Bonchev–Trinajstić information content (AvgIpc) is 3.07. The Labute approximate surface area is 142 Å². The van der Waals surface area contributed by atoms with Crippen molar-refractivity contribution in [3.05, 3.63) is 22.4 Å². The number of rotatable bonds is 2. The summed E-state index contributed by atoms with van der Waals surface area (Å²) in [6.07, 6.45) is 2.82. The van der Waals surface area contributed by atoms with Crippen molar-refractivity contribution < 1.29 is 9.59 Å². The SMILES string of the molecule is CC1CC(C)CN(C(=O)C2CCN(C(=O)c3cccs3)CC2)C1. The molecule has 2 aliphatic heterocycles. The Kier molecular flexibility index (Phi) is 5.05. The Morgan fingerprint density at radius 1 is 1.09 bits per heavy atom. The van der Waals surface area contributed by atoms with Gasteiger partial charge in [0.25, 0.3) is 5.91 Å². The van der Waals surface area contributed by atoms with Gasteiger partial charge in [0.15, 0.2) is 0 Å². The lowest BCUT2D eigenvalue weighted by Gasteiger charge is -2.39. The van der Waals surface area contributed by atoms with E-state index in [1.807, 2.05) is 22.4 Å². The lowest BCUT2D eigenvalue weighted by molar-refractivity contribution is -0.139. The second kappa shape index (κ2) is 7.04. The van der Waals surface area contributed by atoms with Gasteiger partial charge in [-0.3, -0.25) is 9.59 Å². The van der Waals surface area contributed by atoms with Crippen molar-refractivity contribution in [2.24, 2.45) is 17.8 Å². The van der Waals surface area contributed by atoms with Crippen molar-refractivity contribution in [3.63, 3.8) is 0 Å². The van der Waals surface area contributed by atoms with Crippen molar-refractivity contribution in [2.75, 3.05) is 26.2 Å². The van der Waals surface area contributed by atoms with E-state index in [4.69, 9.17) is 0 Å². The van der Waals surface area contributed by atoms with Gasteiger partial charge in [-0.05, 0) is 42.5 Å². The fourth-order valence-electron chi connectivity index (χ4n) is 3.99. The third kappa shape index (κ3) is 3.77. The molecule has 2 aliphatic rings. The van der Waals surface area contributed by atoms with Crippen molar-refractivity contribution in [1.29, 1.82) is 0 Å². The number of hydrogen-bond donors (Lipinski definition) is 0. The first-order chi connectivity index (χ1) is 11.0. The minimum absolute atomic E-state index is 0.0971. The van der Waals surface area contributed by atoms with Crippen LogP contribution in [-0.4, -0.2) is 47.8 Å². The third-order valence-electron chi connectivity index (χ3n) is 5.04. The molecule has 0 radical (unpaired) electrons. The van der Waals surface area contributed by atoms with E-state index in [0.717, 1.165) is 30.8 Å². The van der Waals surface area contributed by atoms with Crippen molar-refractivity contribution in [2.45, 2.75) is 33.1 Å². The van der Waals surface area contributed by atoms with Crippen LogP contribution in [0.15, 0.2) is 17.5 Å². The maximum atomic E-state index is 12.8. The zero-order chi connectivity index (χ0) is 16.4. The molecule has 2 unspecified atom stereocenters. The van der Waals surface area contributed by atoms with Crippen LogP contribution in [0.5, 0.6) is 0 Å². The molecule has 0 aromatic carbocycles. The van der Waals surface area contributed by atoms with Gasteiger partial charge in [-0.15, -0.1) is 11.3 Å². The molecule has 23 heavy (non-hydrogen) atoms. The second-order valence-corrected chi connectivity index (χ2v) is 8.18. The van der Waals surface area contributed by atoms with E-state index >= 15 is 0 Å². The summed E-state index contributed by atoms with van der Waals surface area (Å²) in [4.78, 5) is 29.9. The van der Waals surface area contributed by atoms with Crippen LogP contribution < -0.4 is 0 Å². The highest BCUT2D eigenvalue weighted by atomic mass is 32.1. The normalized spacial score (nSPS) is 26.3. The Bertz CT molecular complexity index is 539. The predicted octanol–water partition coefficient (Wildman–Crippen LogP) is 3.10. The number of nitrogens with zero attached hydrogens (tertiary/aromatic N) is 2. The van der Waals surface area contributed by atoms with Crippen LogP contribution in [0.4, 0.5) is 0 Å². The predicted molar refractivity (Wildman–Crippen MR) is 92.5 cm³/mol. The second-order valence-electron chi connectivity index (χ2n) is 7.23. The summed E-state index contributed by atoms with van der Waals surface area (Å²) < 4.78 is 0. The lowest BCUT2D eigenvalue weighted by Crippen LogP contribution is -2.48. The van der Waals surface area contributed by atoms with E-state index < -0.39 is 0 Å². The quantitative estimate of drug-likeness (QED) is 0.834. The van der Waals surface area contributed by atoms with Gasteiger partial charge in [-0.25, -0.2) is 0 Å². The zero-order valence-electron chi connectivity index (χ0n) is 14.0. The molecule has 4 nitrogen and oxygen atoms in total. The highest BCUT2D eigenvalue weighted by Crippen LogP contribution is 2.26. The first kappa shape index (κ1) is 16.5. The topological polar surface area (TPSA) is 40.6 Å². The van der Waals surface area contributed by atoms with Crippen LogP contribution in [0, 0.1) is 17.8 Å². The highest BCUT2D eigenvalue weighted by Gasteiger charge is 2.33. The van der Waals surface area contributed by atoms with Crippen molar-refractivity contribution in [3.8, 4) is 0 Å². The van der Waals surface area contributed by atoms with Gasteiger partial charge in [-0.1, -0.05) is 19.9 Å².